The molecule has 1 amide bonds. The van der Waals surface area contributed by atoms with Crippen molar-refractivity contribution in [2.45, 2.75) is 39.2 Å². The number of hydrogen-bond acceptors (Lipinski definition) is 3. The lowest BCUT2D eigenvalue weighted by atomic mass is 10.00. The van der Waals surface area contributed by atoms with Gasteiger partial charge in [0, 0.05) is 42.1 Å². The van der Waals surface area contributed by atoms with Gasteiger partial charge in [-0.05, 0) is 43.9 Å². The van der Waals surface area contributed by atoms with Gasteiger partial charge < -0.3 is 15.2 Å². The van der Waals surface area contributed by atoms with E-state index in [9.17, 15) is 4.79 Å². The van der Waals surface area contributed by atoms with Gasteiger partial charge in [0.25, 0.3) is 5.91 Å². The van der Waals surface area contributed by atoms with Crippen LogP contribution in [0.2, 0.25) is 5.02 Å². The van der Waals surface area contributed by atoms with Crippen LogP contribution in [0, 0.1) is 6.92 Å². The van der Waals surface area contributed by atoms with E-state index in [1.807, 2.05) is 11.0 Å². The number of para-hydroxylation sites is 1. The highest BCUT2D eigenvalue weighted by Gasteiger charge is 2.25. The number of carbonyl (C=O) groups is 1. The van der Waals surface area contributed by atoms with Gasteiger partial charge in [-0.1, -0.05) is 36.7 Å². The first kappa shape index (κ1) is 18.8. The molecule has 1 fully saturated rings. The molecule has 2 aromatic heterocycles. The maximum atomic E-state index is 12.6. The predicted molar refractivity (Wildman–Crippen MR) is 114 cm³/mol. The molecule has 2 N–H and O–H groups in total. The Morgan fingerprint density at radius 1 is 1.32 bits per heavy atom. The second kappa shape index (κ2) is 7.84. The first-order chi connectivity index (χ1) is 13.6. The second-order valence-electron chi connectivity index (χ2n) is 7.36. The number of amides is 1. The number of piperidine rings is 1. The lowest BCUT2D eigenvalue weighted by Crippen LogP contribution is -2.42. The molecule has 3 aromatic rings. The smallest absolute Gasteiger partial charge is 0.270 e. The van der Waals surface area contributed by atoms with Gasteiger partial charge in [0.05, 0.1) is 10.5 Å². The molecule has 0 saturated carbocycles. The first-order valence-corrected chi connectivity index (χ1v) is 10.2. The average molecular weight is 397 g/mol. The fourth-order valence-electron chi connectivity index (χ4n) is 4.06. The molecule has 0 unspecified atom stereocenters. The summed E-state index contributed by atoms with van der Waals surface area (Å²) in [4.78, 5) is 22.2. The molecule has 0 radical (unpaired) electrons. The van der Waals surface area contributed by atoms with Gasteiger partial charge in [0.1, 0.15) is 5.69 Å². The Labute approximate surface area is 170 Å². The van der Waals surface area contributed by atoms with Gasteiger partial charge in [0.2, 0.25) is 0 Å². The van der Waals surface area contributed by atoms with Crippen LogP contribution in [0.1, 0.15) is 41.5 Å². The van der Waals surface area contributed by atoms with E-state index in [0.717, 1.165) is 43.6 Å². The van der Waals surface area contributed by atoms with Crippen molar-refractivity contribution in [3.05, 3.63) is 58.5 Å². The van der Waals surface area contributed by atoms with E-state index in [1.165, 1.54) is 16.6 Å². The summed E-state index contributed by atoms with van der Waals surface area (Å²) in [6.07, 6.45) is 4.42. The van der Waals surface area contributed by atoms with Crippen molar-refractivity contribution in [3.63, 3.8) is 0 Å². The number of H-pyrrole nitrogens is 1. The fraction of sp³-hybridized carbons (Fsp3) is 0.364. The van der Waals surface area contributed by atoms with E-state index in [2.05, 4.69) is 42.3 Å². The monoisotopic (exact) mass is 396 g/mol. The van der Waals surface area contributed by atoms with Crippen molar-refractivity contribution >= 4 is 34.1 Å². The Bertz CT molecular complexity index is 1000. The molecule has 1 saturated heterocycles. The Hall–Kier alpha value is -2.53. The lowest BCUT2D eigenvalue weighted by molar-refractivity contribution is 0.0713. The number of carbonyl (C=O) groups excluding carboxylic acids is 1. The summed E-state index contributed by atoms with van der Waals surface area (Å²) in [6, 6.07) is 10.3. The summed E-state index contributed by atoms with van der Waals surface area (Å²) in [5, 5.41) is 5.51. The first-order valence-electron chi connectivity index (χ1n) is 9.84. The molecule has 0 spiro atoms. The zero-order valence-corrected chi connectivity index (χ0v) is 17.0. The number of halogens is 1. The number of aromatic amines is 1. The van der Waals surface area contributed by atoms with Crippen LogP contribution in [0.5, 0.6) is 0 Å². The summed E-state index contributed by atoms with van der Waals surface area (Å²) in [5.74, 6) is 0.0183. The summed E-state index contributed by atoms with van der Waals surface area (Å²) in [5.41, 5.74) is 5.14. The Morgan fingerprint density at radius 3 is 2.75 bits per heavy atom. The van der Waals surface area contributed by atoms with Crippen molar-refractivity contribution in [2.75, 3.05) is 18.4 Å². The van der Waals surface area contributed by atoms with E-state index >= 15 is 0 Å². The highest BCUT2D eigenvalue weighted by atomic mass is 35.5. The summed E-state index contributed by atoms with van der Waals surface area (Å²) in [7, 11) is 0. The standard InChI is InChI=1S/C22H25ClN4O/c1-3-17-14(2)25-19-7-5-4-6-18(19)21(17)26-16-8-10-27(11-9-16)22(28)20-12-15(23)13-24-20/h4-7,12-13,16,24H,3,8-11H2,1-2H3,(H,25,26). The minimum Gasteiger partial charge on any atom is -0.381 e. The molecular formula is C22H25ClN4O. The van der Waals surface area contributed by atoms with Crippen molar-refractivity contribution in [3.8, 4) is 0 Å². The van der Waals surface area contributed by atoms with Crippen molar-refractivity contribution in [1.29, 1.82) is 0 Å². The number of nitrogens with zero attached hydrogens (tertiary/aromatic N) is 2. The predicted octanol–water partition coefficient (Wildman–Crippen LogP) is 4.80. The SMILES string of the molecule is CCc1c(C)nc2ccccc2c1NC1CCN(C(=O)c2cc(Cl)c[nH]2)CC1. The van der Waals surface area contributed by atoms with E-state index < -0.39 is 0 Å². The molecule has 1 aromatic carbocycles. The van der Waals surface area contributed by atoms with Gasteiger partial charge >= 0.3 is 0 Å². The normalized spacial score (nSPS) is 15.2. The number of anilines is 1. The molecule has 0 bridgehead atoms. The largest absolute Gasteiger partial charge is 0.381 e. The van der Waals surface area contributed by atoms with E-state index in [1.54, 1.807) is 12.3 Å². The van der Waals surface area contributed by atoms with Crippen LogP contribution in [-0.2, 0) is 6.42 Å². The third-order valence-corrected chi connectivity index (χ3v) is 5.78. The maximum absolute atomic E-state index is 12.6. The fourth-order valence-corrected chi connectivity index (χ4v) is 4.23. The number of fused-ring (bicyclic) bond motifs is 1. The van der Waals surface area contributed by atoms with Gasteiger partial charge in [-0.15, -0.1) is 0 Å². The van der Waals surface area contributed by atoms with Crippen LogP contribution in [0.3, 0.4) is 0 Å². The minimum atomic E-state index is 0.0183. The average Bonchev–Trinajstić information content (AvgIpc) is 3.14. The molecule has 4 rings (SSSR count). The van der Waals surface area contributed by atoms with E-state index in [4.69, 9.17) is 16.6 Å². The number of likely N-dealkylation sites (tertiary alicyclic amines) is 1. The molecule has 1 aliphatic heterocycles. The van der Waals surface area contributed by atoms with Crippen molar-refractivity contribution in [1.82, 2.24) is 14.9 Å². The van der Waals surface area contributed by atoms with Gasteiger partial charge in [0.15, 0.2) is 0 Å². The number of pyridine rings is 1. The lowest BCUT2D eigenvalue weighted by Gasteiger charge is -2.33. The third-order valence-electron chi connectivity index (χ3n) is 5.56. The van der Waals surface area contributed by atoms with Gasteiger partial charge in [-0.3, -0.25) is 9.78 Å². The Morgan fingerprint density at radius 2 is 2.07 bits per heavy atom. The third kappa shape index (κ3) is 3.59. The highest BCUT2D eigenvalue weighted by molar-refractivity contribution is 6.30. The molecule has 146 valence electrons. The number of rotatable bonds is 4. The summed E-state index contributed by atoms with van der Waals surface area (Å²) in [6.45, 7) is 5.72. The minimum absolute atomic E-state index is 0.0183. The molecule has 0 atom stereocenters. The number of nitrogens with one attached hydrogen (secondary N) is 2. The van der Waals surface area contributed by atoms with Crippen LogP contribution < -0.4 is 5.32 Å². The summed E-state index contributed by atoms with van der Waals surface area (Å²) < 4.78 is 0. The second-order valence-corrected chi connectivity index (χ2v) is 7.80. The number of benzene rings is 1. The van der Waals surface area contributed by atoms with E-state index in [0.29, 0.717) is 16.8 Å². The van der Waals surface area contributed by atoms with Gasteiger partial charge in [-0.2, -0.15) is 0 Å². The van der Waals surface area contributed by atoms with Crippen LogP contribution in [0.4, 0.5) is 5.69 Å². The molecule has 0 aliphatic carbocycles. The maximum Gasteiger partial charge on any atom is 0.270 e. The molecule has 28 heavy (non-hydrogen) atoms. The van der Waals surface area contributed by atoms with E-state index in [-0.39, 0.29) is 5.91 Å². The van der Waals surface area contributed by atoms with Crippen LogP contribution in [-0.4, -0.2) is 39.9 Å². The van der Waals surface area contributed by atoms with Crippen LogP contribution >= 0.6 is 11.6 Å². The van der Waals surface area contributed by atoms with Crippen molar-refractivity contribution in [2.24, 2.45) is 0 Å². The molecule has 6 heteroatoms. The number of aromatic nitrogens is 2. The highest BCUT2D eigenvalue weighted by Crippen LogP contribution is 2.31. The zero-order chi connectivity index (χ0) is 19.7. The van der Waals surface area contributed by atoms with Crippen LogP contribution in [0.15, 0.2) is 36.5 Å². The van der Waals surface area contributed by atoms with Crippen LogP contribution in [0.25, 0.3) is 10.9 Å². The zero-order valence-electron chi connectivity index (χ0n) is 16.3. The van der Waals surface area contributed by atoms with Crippen molar-refractivity contribution < 1.29 is 4.79 Å². The molecular weight excluding hydrogens is 372 g/mol. The quantitative estimate of drug-likeness (QED) is 0.665. The van der Waals surface area contributed by atoms with Gasteiger partial charge in [-0.25, -0.2) is 0 Å². The summed E-state index contributed by atoms with van der Waals surface area (Å²) >= 11 is 5.93. The Balaban J connectivity index is 1.50. The molecule has 3 heterocycles. The molecule has 1 aliphatic rings. The topological polar surface area (TPSA) is 61.0 Å². The number of aryl methyl sites for hydroxylation is 1. The number of hydrogen-bond donors (Lipinski definition) is 2. The Kier molecular flexibility index (Phi) is 5.27. The molecule has 5 nitrogen and oxygen atoms in total.